The number of aromatic nitrogens is 2. The van der Waals surface area contributed by atoms with Crippen molar-refractivity contribution in [1.29, 1.82) is 0 Å². The van der Waals surface area contributed by atoms with Crippen LogP contribution in [0.25, 0.3) is 0 Å². The first kappa shape index (κ1) is 11.9. The molecule has 0 aromatic carbocycles. The summed E-state index contributed by atoms with van der Waals surface area (Å²) in [5, 5.41) is 0.666. The smallest absolute Gasteiger partial charge is 0.213 e. The van der Waals surface area contributed by atoms with Gasteiger partial charge in [0.25, 0.3) is 0 Å². The van der Waals surface area contributed by atoms with Gasteiger partial charge in [-0.25, -0.2) is 4.98 Å². The standard InChI is InChI=1S/C13H13ClN2O/c1-17-13-8-10(6-7-15-13)2-4-12-5-3-11(14)9-16-12/h3,5-9H,2,4H2,1H3. The van der Waals surface area contributed by atoms with Crippen LogP contribution in [-0.2, 0) is 12.8 Å². The molecule has 0 unspecified atom stereocenters. The minimum Gasteiger partial charge on any atom is -0.481 e. The van der Waals surface area contributed by atoms with Crippen molar-refractivity contribution in [3.8, 4) is 5.88 Å². The Balaban J connectivity index is 1.99. The van der Waals surface area contributed by atoms with Gasteiger partial charge in [-0.15, -0.1) is 0 Å². The van der Waals surface area contributed by atoms with Crippen LogP contribution >= 0.6 is 11.6 Å². The van der Waals surface area contributed by atoms with Gasteiger partial charge in [0.2, 0.25) is 5.88 Å². The topological polar surface area (TPSA) is 35.0 Å². The van der Waals surface area contributed by atoms with Gasteiger partial charge in [-0.3, -0.25) is 4.98 Å². The van der Waals surface area contributed by atoms with E-state index in [0.717, 1.165) is 18.5 Å². The number of hydrogen-bond donors (Lipinski definition) is 0. The SMILES string of the molecule is COc1cc(CCc2ccc(Cl)cn2)ccn1. The van der Waals surface area contributed by atoms with Crippen molar-refractivity contribution < 1.29 is 4.74 Å². The van der Waals surface area contributed by atoms with Gasteiger partial charge < -0.3 is 4.74 Å². The van der Waals surface area contributed by atoms with Crippen molar-refractivity contribution in [3.05, 3.63) is 52.9 Å². The Bertz CT molecular complexity index is 485. The van der Waals surface area contributed by atoms with Crippen molar-refractivity contribution in [3.63, 3.8) is 0 Å². The summed E-state index contributed by atoms with van der Waals surface area (Å²) < 4.78 is 5.08. The van der Waals surface area contributed by atoms with Crippen LogP contribution in [0.15, 0.2) is 36.7 Å². The van der Waals surface area contributed by atoms with Crippen molar-refractivity contribution in [2.75, 3.05) is 7.11 Å². The number of rotatable bonds is 4. The maximum atomic E-state index is 5.78. The molecule has 0 radical (unpaired) electrons. The van der Waals surface area contributed by atoms with Crippen LogP contribution in [0.1, 0.15) is 11.3 Å². The summed E-state index contributed by atoms with van der Waals surface area (Å²) in [7, 11) is 1.62. The van der Waals surface area contributed by atoms with Gasteiger partial charge in [0.05, 0.1) is 12.1 Å². The number of hydrogen-bond acceptors (Lipinski definition) is 3. The van der Waals surface area contributed by atoms with Gasteiger partial charge in [0, 0.05) is 24.2 Å². The van der Waals surface area contributed by atoms with E-state index in [0.29, 0.717) is 10.9 Å². The van der Waals surface area contributed by atoms with Crippen molar-refractivity contribution in [1.82, 2.24) is 9.97 Å². The molecule has 17 heavy (non-hydrogen) atoms. The molecule has 4 heteroatoms. The third kappa shape index (κ3) is 3.43. The number of pyridine rings is 2. The third-order valence-corrected chi connectivity index (χ3v) is 2.69. The van der Waals surface area contributed by atoms with E-state index < -0.39 is 0 Å². The summed E-state index contributed by atoms with van der Waals surface area (Å²) in [6, 6.07) is 7.73. The van der Waals surface area contributed by atoms with Gasteiger partial charge >= 0.3 is 0 Å². The van der Waals surface area contributed by atoms with Gasteiger partial charge in [-0.1, -0.05) is 11.6 Å². The molecule has 0 saturated carbocycles. The molecular formula is C13H13ClN2O. The van der Waals surface area contributed by atoms with E-state index in [9.17, 15) is 0 Å². The van der Waals surface area contributed by atoms with E-state index in [2.05, 4.69) is 9.97 Å². The molecule has 2 aromatic heterocycles. The number of methoxy groups -OCH3 is 1. The van der Waals surface area contributed by atoms with Crippen molar-refractivity contribution >= 4 is 11.6 Å². The maximum absolute atomic E-state index is 5.78. The molecule has 3 nitrogen and oxygen atoms in total. The highest BCUT2D eigenvalue weighted by Gasteiger charge is 1.99. The predicted octanol–water partition coefficient (Wildman–Crippen LogP) is 2.92. The van der Waals surface area contributed by atoms with E-state index in [4.69, 9.17) is 16.3 Å². The molecule has 2 rings (SSSR count). The number of halogens is 1. The predicted molar refractivity (Wildman–Crippen MR) is 67.4 cm³/mol. The summed E-state index contributed by atoms with van der Waals surface area (Å²) >= 11 is 5.78. The molecule has 88 valence electrons. The number of ether oxygens (including phenoxy) is 1. The summed E-state index contributed by atoms with van der Waals surface area (Å²) in [6.07, 6.45) is 5.21. The Labute approximate surface area is 105 Å². The maximum Gasteiger partial charge on any atom is 0.213 e. The third-order valence-electron chi connectivity index (χ3n) is 2.47. The first-order valence-corrected chi connectivity index (χ1v) is 5.75. The minimum atomic E-state index is 0.645. The fourth-order valence-corrected chi connectivity index (χ4v) is 1.66. The van der Waals surface area contributed by atoms with Gasteiger partial charge in [-0.05, 0) is 36.6 Å². The highest BCUT2D eigenvalue weighted by Crippen LogP contribution is 2.12. The highest BCUT2D eigenvalue weighted by atomic mass is 35.5. The first-order valence-electron chi connectivity index (χ1n) is 5.37. The zero-order chi connectivity index (χ0) is 12.1. The fraction of sp³-hybridized carbons (Fsp3) is 0.231. The van der Waals surface area contributed by atoms with E-state index >= 15 is 0 Å². The Morgan fingerprint density at radius 1 is 1.18 bits per heavy atom. The van der Waals surface area contributed by atoms with E-state index in [1.807, 2.05) is 24.3 Å². The molecular weight excluding hydrogens is 236 g/mol. The van der Waals surface area contributed by atoms with Crippen LogP contribution in [0.2, 0.25) is 5.02 Å². The van der Waals surface area contributed by atoms with Gasteiger partial charge in [-0.2, -0.15) is 0 Å². The van der Waals surface area contributed by atoms with Crippen molar-refractivity contribution in [2.24, 2.45) is 0 Å². The molecule has 0 saturated heterocycles. The normalized spacial score (nSPS) is 10.2. The van der Waals surface area contributed by atoms with Crippen LogP contribution in [-0.4, -0.2) is 17.1 Å². The fourth-order valence-electron chi connectivity index (χ4n) is 1.54. The monoisotopic (exact) mass is 248 g/mol. The molecule has 0 amide bonds. The molecule has 0 aliphatic carbocycles. The Hall–Kier alpha value is -1.61. The second-order valence-corrected chi connectivity index (χ2v) is 4.11. The molecule has 2 heterocycles. The zero-order valence-corrected chi connectivity index (χ0v) is 10.3. The second-order valence-electron chi connectivity index (χ2n) is 3.67. The van der Waals surface area contributed by atoms with Crippen LogP contribution in [0, 0.1) is 0 Å². The van der Waals surface area contributed by atoms with Crippen LogP contribution < -0.4 is 4.74 Å². The van der Waals surface area contributed by atoms with E-state index in [1.54, 1.807) is 19.5 Å². The summed E-state index contributed by atoms with van der Waals surface area (Å²) in [4.78, 5) is 8.33. The summed E-state index contributed by atoms with van der Waals surface area (Å²) in [6.45, 7) is 0. The number of nitrogens with zero attached hydrogens (tertiary/aromatic N) is 2. The Kier molecular flexibility index (Phi) is 3.94. The molecule has 0 aliphatic heterocycles. The van der Waals surface area contributed by atoms with Crippen LogP contribution in [0.4, 0.5) is 0 Å². The lowest BCUT2D eigenvalue weighted by Crippen LogP contribution is -1.95. The average Bonchev–Trinajstić information content (AvgIpc) is 2.38. The Morgan fingerprint density at radius 2 is 2.06 bits per heavy atom. The largest absolute Gasteiger partial charge is 0.481 e. The van der Waals surface area contributed by atoms with Gasteiger partial charge in [0.15, 0.2) is 0 Å². The summed E-state index contributed by atoms with van der Waals surface area (Å²) in [5.74, 6) is 0.645. The highest BCUT2D eigenvalue weighted by molar-refractivity contribution is 6.30. The second kappa shape index (κ2) is 5.64. The van der Waals surface area contributed by atoms with Crippen LogP contribution in [0.3, 0.4) is 0 Å². The van der Waals surface area contributed by atoms with Crippen LogP contribution in [0.5, 0.6) is 5.88 Å². The van der Waals surface area contributed by atoms with Gasteiger partial charge in [0.1, 0.15) is 0 Å². The van der Waals surface area contributed by atoms with E-state index in [-0.39, 0.29) is 0 Å². The lowest BCUT2D eigenvalue weighted by atomic mass is 10.1. The molecule has 0 spiro atoms. The molecule has 0 aliphatic rings. The lowest BCUT2D eigenvalue weighted by Gasteiger charge is -2.03. The van der Waals surface area contributed by atoms with E-state index in [1.165, 1.54) is 5.56 Å². The molecule has 0 atom stereocenters. The first-order chi connectivity index (χ1) is 8.28. The van der Waals surface area contributed by atoms with Crippen molar-refractivity contribution in [2.45, 2.75) is 12.8 Å². The number of aryl methyl sites for hydroxylation is 2. The average molecular weight is 249 g/mol. The Morgan fingerprint density at radius 3 is 2.76 bits per heavy atom. The summed E-state index contributed by atoms with van der Waals surface area (Å²) in [5.41, 5.74) is 2.22. The minimum absolute atomic E-state index is 0.645. The lowest BCUT2D eigenvalue weighted by molar-refractivity contribution is 0.397. The molecule has 2 aromatic rings. The zero-order valence-electron chi connectivity index (χ0n) is 9.56. The molecule has 0 N–H and O–H groups in total. The quantitative estimate of drug-likeness (QED) is 0.835. The molecule has 0 fully saturated rings. The molecule has 0 bridgehead atoms.